The minimum Gasteiger partial charge on any atom is -0.461 e. The standard InChI is InChI=1S/C22H28N4O2/c1-3-24-13-17-12-22(17,15-24)16-6-8-18(9-7-16)26-11-5-10-25-14-19(23-21(25)26)20(27)28-4-2/h6-9,14,17H,3-5,10-13,15H2,1-2H3. The maximum Gasteiger partial charge on any atom is 0.358 e. The number of likely N-dealkylation sites (tertiary alicyclic amines) is 1. The summed E-state index contributed by atoms with van der Waals surface area (Å²) in [6.45, 7) is 9.83. The van der Waals surface area contributed by atoms with Gasteiger partial charge in [0.25, 0.3) is 0 Å². The number of ether oxygens (including phenoxy) is 1. The molecular formula is C22H28N4O2. The topological polar surface area (TPSA) is 50.6 Å². The van der Waals surface area contributed by atoms with Gasteiger partial charge >= 0.3 is 5.97 Å². The molecule has 1 saturated heterocycles. The average Bonchev–Trinajstić information content (AvgIpc) is 3.08. The lowest BCUT2D eigenvalue weighted by Crippen LogP contribution is -2.28. The van der Waals surface area contributed by atoms with Gasteiger partial charge < -0.3 is 19.1 Å². The molecule has 6 heteroatoms. The Hall–Kier alpha value is -2.34. The monoisotopic (exact) mass is 380 g/mol. The van der Waals surface area contributed by atoms with Crippen LogP contribution in [0.15, 0.2) is 30.5 Å². The minimum atomic E-state index is -0.347. The summed E-state index contributed by atoms with van der Waals surface area (Å²) in [4.78, 5) is 21.4. The predicted octanol–water partition coefficient (Wildman–Crippen LogP) is 3.19. The second kappa shape index (κ2) is 6.62. The van der Waals surface area contributed by atoms with Crippen molar-refractivity contribution in [1.29, 1.82) is 0 Å². The highest BCUT2D eigenvalue weighted by Gasteiger charge is 2.60. The third-order valence-corrected chi connectivity index (χ3v) is 6.68. The van der Waals surface area contributed by atoms with Crippen LogP contribution in [0.1, 0.15) is 42.7 Å². The highest BCUT2D eigenvalue weighted by atomic mass is 16.5. The van der Waals surface area contributed by atoms with Crippen molar-refractivity contribution < 1.29 is 9.53 Å². The number of nitrogens with zero attached hydrogens (tertiary/aromatic N) is 4. The Morgan fingerprint density at radius 1 is 1.25 bits per heavy atom. The number of aromatic nitrogens is 2. The molecule has 1 aliphatic carbocycles. The van der Waals surface area contributed by atoms with Crippen LogP contribution in [0.5, 0.6) is 0 Å². The summed E-state index contributed by atoms with van der Waals surface area (Å²) in [6.07, 6.45) is 4.18. The van der Waals surface area contributed by atoms with Crippen molar-refractivity contribution in [1.82, 2.24) is 14.5 Å². The third kappa shape index (κ3) is 2.73. The lowest BCUT2D eigenvalue weighted by molar-refractivity contribution is 0.0520. The number of likely N-dealkylation sites (N-methyl/N-ethyl adjacent to an activating group) is 1. The number of aryl methyl sites for hydroxylation is 1. The van der Waals surface area contributed by atoms with E-state index in [0.29, 0.717) is 17.7 Å². The van der Waals surface area contributed by atoms with E-state index in [4.69, 9.17) is 4.74 Å². The molecule has 2 aliphatic heterocycles. The number of esters is 1. The van der Waals surface area contributed by atoms with Crippen LogP contribution in [0.4, 0.5) is 11.6 Å². The molecule has 2 aromatic rings. The molecule has 0 bridgehead atoms. The van der Waals surface area contributed by atoms with Gasteiger partial charge in [0, 0.05) is 43.5 Å². The second-order valence-corrected chi connectivity index (χ2v) is 8.28. The van der Waals surface area contributed by atoms with Crippen LogP contribution in [0.2, 0.25) is 0 Å². The summed E-state index contributed by atoms with van der Waals surface area (Å²) in [6, 6.07) is 9.07. The van der Waals surface area contributed by atoms with Crippen LogP contribution in [0, 0.1) is 5.92 Å². The minimum absolute atomic E-state index is 0.347. The number of carbonyl (C=O) groups is 1. The molecule has 0 amide bonds. The van der Waals surface area contributed by atoms with E-state index in [0.717, 1.165) is 43.6 Å². The van der Waals surface area contributed by atoms with Crippen LogP contribution >= 0.6 is 0 Å². The van der Waals surface area contributed by atoms with E-state index in [-0.39, 0.29) is 5.97 Å². The zero-order valence-corrected chi connectivity index (χ0v) is 16.7. The summed E-state index contributed by atoms with van der Waals surface area (Å²) < 4.78 is 7.18. The van der Waals surface area contributed by atoms with E-state index in [1.165, 1.54) is 25.1 Å². The Labute approximate surface area is 166 Å². The van der Waals surface area contributed by atoms with Crippen LogP contribution in [-0.4, -0.2) is 53.2 Å². The number of anilines is 2. The van der Waals surface area contributed by atoms with E-state index in [1.54, 1.807) is 0 Å². The van der Waals surface area contributed by atoms with Crippen LogP contribution in [0.3, 0.4) is 0 Å². The zero-order chi connectivity index (χ0) is 19.3. The first-order valence-corrected chi connectivity index (χ1v) is 10.5. The summed E-state index contributed by atoms with van der Waals surface area (Å²) in [5.74, 6) is 1.32. The zero-order valence-electron chi connectivity index (χ0n) is 16.7. The largest absolute Gasteiger partial charge is 0.461 e. The maximum absolute atomic E-state index is 12.1. The number of benzene rings is 1. The van der Waals surface area contributed by atoms with E-state index in [2.05, 4.69) is 50.5 Å². The van der Waals surface area contributed by atoms with E-state index in [9.17, 15) is 4.79 Å². The smallest absolute Gasteiger partial charge is 0.358 e. The fraction of sp³-hybridized carbons (Fsp3) is 0.545. The average molecular weight is 380 g/mol. The number of imidazole rings is 1. The van der Waals surface area contributed by atoms with Crippen molar-refractivity contribution in [2.75, 3.05) is 37.7 Å². The molecule has 0 N–H and O–H groups in total. The molecule has 1 aromatic heterocycles. The van der Waals surface area contributed by atoms with Gasteiger partial charge in [-0.25, -0.2) is 9.78 Å². The SMILES string of the molecule is CCOC(=O)c1cn2c(n1)N(c1ccc(C34CC3CN(CC)C4)cc1)CCC2. The summed E-state index contributed by atoms with van der Waals surface area (Å²) in [7, 11) is 0. The third-order valence-electron chi connectivity index (χ3n) is 6.68. The number of carbonyl (C=O) groups excluding carboxylic acids is 1. The van der Waals surface area contributed by atoms with Crippen LogP contribution < -0.4 is 4.90 Å². The Bertz CT molecular complexity index is 890. The predicted molar refractivity (Wildman–Crippen MR) is 108 cm³/mol. The molecule has 1 saturated carbocycles. The van der Waals surface area contributed by atoms with Gasteiger partial charge in [0.05, 0.1) is 6.61 Å². The first-order chi connectivity index (χ1) is 13.6. The Kier molecular flexibility index (Phi) is 4.19. The number of fused-ring (bicyclic) bond motifs is 2. The molecule has 1 aromatic carbocycles. The fourth-order valence-corrected chi connectivity index (χ4v) is 5.08. The van der Waals surface area contributed by atoms with Gasteiger partial charge in [0.15, 0.2) is 5.69 Å². The van der Waals surface area contributed by atoms with Gasteiger partial charge in [-0.2, -0.15) is 0 Å². The first kappa shape index (κ1) is 17.7. The Morgan fingerprint density at radius 2 is 2.07 bits per heavy atom. The van der Waals surface area contributed by atoms with Crippen molar-refractivity contribution >= 4 is 17.6 Å². The molecule has 5 rings (SSSR count). The fourth-order valence-electron chi connectivity index (χ4n) is 5.08. The van der Waals surface area contributed by atoms with Gasteiger partial charge in [-0.1, -0.05) is 19.1 Å². The summed E-state index contributed by atoms with van der Waals surface area (Å²) in [5.41, 5.74) is 3.41. The van der Waals surface area contributed by atoms with Gasteiger partial charge in [-0.05, 0) is 49.9 Å². The number of hydrogen-bond acceptors (Lipinski definition) is 5. The molecule has 148 valence electrons. The molecular weight excluding hydrogens is 352 g/mol. The lowest BCUT2D eigenvalue weighted by Gasteiger charge is -2.29. The molecule has 2 fully saturated rings. The summed E-state index contributed by atoms with van der Waals surface area (Å²) >= 11 is 0. The van der Waals surface area contributed by atoms with Crippen molar-refractivity contribution in [3.8, 4) is 0 Å². The normalized spacial score (nSPS) is 26.1. The Morgan fingerprint density at radius 3 is 2.79 bits per heavy atom. The molecule has 0 radical (unpaired) electrons. The van der Waals surface area contributed by atoms with Crippen LogP contribution in [-0.2, 0) is 16.7 Å². The van der Waals surface area contributed by atoms with Gasteiger partial charge in [0.1, 0.15) is 0 Å². The highest BCUT2D eigenvalue weighted by Crippen LogP contribution is 2.59. The molecule has 2 atom stereocenters. The van der Waals surface area contributed by atoms with E-state index in [1.807, 2.05) is 13.1 Å². The van der Waals surface area contributed by atoms with Crippen LogP contribution in [0.25, 0.3) is 0 Å². The van der Waals surface area contributed by atoms with Crippen molar-refractivity contribution in [2.24, 2.45) is 5.92 Å². The van der Waals surface area contributed by atoms with Crippen molar-refractivity contribution in [3.63, 3.8) is 0 Å². The number of hydrogen-bond donors (Lipinski definition) is 0. The Balaban J connectivity index is 1.39. The number of rotatable bonds is 5. The number of piperidine rings is 1. The second-order valence-electron chi connectivity index (χ2n) is 8.28. The molecule has 3 aliphatic rings. The summed E-state index contributed by atoms with van der Waals surface area (Å²) in [5, 5.41) is 0. The lowest BCUT2D eigenvalue weighted by atomic mass is 9.94. The van der Waals surface area contributed by atoms with Crippen molar-refractivity contribution in [2.45, 2.75) is 38.6 Å². The maximum atomic E-state index is 12.1. The van der Waals surface area contributed by atoms with E-state index < -0.39 is 0 Å². The highest BCUT2D eigenvalue weighted by molar-refractivity contribution is 5.87. The van der Waals surface area contributed by atoms with Gasteiger partial charge in [-0.3, -0.25) is 0 Å². The van der Waals surface area contributed by atoms with Crippen molar-refractivity contribution in [3.05, 3.63) is 41.7 Å². The van der Waals surface area contributed by atoms with Gasteiger partial charge in [0.2, 0.25) is 5.95 Å². The molecule has 3 heterocycles. The quantitative estimate of drug-likeness (QED) is 0.746. The molecule has 28 heavy (non-hydrogen) atoms. The van der Waals surface area contributed by atoms with E-state index >= 15 is 0 Å². The molecule has 2 unspecified atom stereocenters. The molecule has 0 spiro atoms. The van der Waals surface area contributed by atoms with Gasteiger partial charge in [-0.15, -0.1) is 0 Å². The molecule has 6 nitrogen and oxygen atoms in total. The first-order valence-electron chi connectivity index (χ1n) is 10.5.